The quantitative estimate of drug-likeness (QED) is 0.859. The number of likely N-dealkylation sites (N-methyl/N-ethyl adjacent to an activating group) is 1. The highest BCUT2D eigenvalue weighted by Gasteiger charge is 2.19. The molecule has 0 saturated carbocycles. The Morgan fingerprint density at radius 2 is 2.32 bits per heavy atom. The van der Waals surface area contributed by atoms with Crippen LogP contribution in [0.4, 0.5) is 0 Å². The highest BCUT2D eigenvalue weighted by Crippen LogP contribution is 2.18. The van der Waals surface area contributed by atoms with Gasteiger partial charge in [0, 0.05) is 31.3 Å². The fraction of sp³-hybridized carbons (Fsp3) is 0.800. The van der Waals surface area contributed by atoms with Crippen molar-refractivity contribution in [1.29, 1.82) is 0 Å². The van der Waals surface area contributed by atoms with Crippen molar-refractivity contribution in [2.45, 2.75) is 64.1 Å². The molecule has 2 heterocycles. The minimum Gasteiger partial charge on any atom is -0.378 e. The summed E-state index contributed by atoms with van der Waals surface area (Å²) in [4.78, 5) is 0. The van der Waals surface area contributed by atoms with Gasteiger partial charge in [0.05, 0.1) is 11.8 Å². The summed E-state index contributed by atoms with van der Waals surface area (Å²) in [5.74, 6) is 0. The molecule has 0 spiro atoms. The molecule has 108 valence electrons. The summed E-state index contributed by atoms with van der Waals surface area (Å²) >= 11 is 0. The van der Waals surface area contributed by atoms with Gasteiger partial charge in [-0.1, -0.05) is 0 Å². The Bertz CT molecular complexity index is 369. The van der Waals surface area contributed by atoms with Crippen LogP contribution in [0, 0.1) is 0 Å². The first kappa shape index (κ1) is 14.5. The van der Waals surface area contributed by atoms with Gasteiger partial charge in [0.1, 0.15) is 0 Å². The largest absolute Gasteiger partial charge is 0.378 e. The Kier molecular flexibility index (Phi) is 5.40. The van der Waals surface area contributed by atoms with E-state index in [1.54, 1.807) is 0 Å². The zero-order chi connectivity index (χ0) is 13.7. The van der Waals surface area contributed by atoms with Crippen LogP contribution in [0.3, 0.4) is 0 Å². The summed E-state index contributed by atoms with van der Waals surface area (Å²) < 4.78 is 7.85. The van der Waals surface area contributed by atoms with Crippen molar-refractivity contribution in [3.8, 4) is 0 Å². The van der Waals surface area contributed by atoms with Gasteiger partial charge in [-0.25, -0.2) is 0 Å². The molecule has 1 aromatic rings. The van der Waals surface area contributed by atoms with E-state index in [4.69, 9.17) is 4.74 Å². The maximum Gasteiger partial charge on any atom is 0.0640 e. The lowest BCUT2D eigenvalue weighted by Crippen LogP contribution is -2.34. The van der Waals surface area contributed by atoms with E-state index in [9.17, 15) is 0 Å². The third-order valence-corrected chi connectivity index (χ3v) is 3.88. The molecule has 4 nitrogen and oxygen atoms in total. The average molecular weight is 265 g/mol. The third-order valence-electron chi connectivity index (χ3n) is 3.88. The fourth-order valence-electron chi connectivity index (χ4n) is 2.64. The molecular weight excluding hydrogens is 238 g/mol. The predicted octanol–water partition coefficient (Wildman–Crippen LogP) is 2.55. The third kappa shape index (κ3) is 4.32. The van der Waals surface area contributed by atoms with Crippen LogP contribution >= 0.6 is 0 Å². The Labute approximate surface area is 116 Å². The molecule has 19 heavy (non-hydrogen) atoms. The Hall–Kier alpha value is -0.870. The monoisotopic (exact) mass is 265 g/mol. The second-order valence-electron chi connectivity index (χ2n) is 5.79. The van der Waals surface area contributed by atoms with Gasteiger partial charge >= 0.3 is 0 Å². The van der Waals surface area contributed by atoms with Crippen LogP contribution in [0.5, 0.6) is 0 Å². The number of rotatable bonds is 6. The van der Waals surface area contributed by atoms with Crippen molar-refractivity contribution < 1.29 is 4.74 Å². The second kappa shape index (κ2) is 7.06. The minimum absolute atomic E-state index is 0.429. The normalized spacial score (nSPS) is 21.8. The van der Waals surface area contributed by atoms with Crippen LogP contribution in [-0.2, 0) is 11.2 Å². The molecule has 1 saturated heterocycles. The molecule has 1 aliphatic heterocycles. The van der Waals surface area contributed by atoms with Crippen molar-refractivity contribution in [3.63, 3.8) is 0 Å². The minimum atomic E-state index is 0.429. The summed E-state index contributed by atoms with van der Waals surface area (Å²) in [5.41, 5.74) is 1.17. The van der Waals surface area contributed by atoms with Crippen LogP contribution in [0.2, 0.25) is 0 Å². The van der Waals surface area contributed by atoms with E-state index < -0.39 is 0 Å². The predicted molar refractivity (Wildman–Crippen MR) is 77.4 cm³/mol. The molecule has 0 bridgehead atoms. The first-order chi connectivity index (χ1) is 9.19. The van der Waals surface area contributed by atoms with Gasteiger partial charge in [0.2, 0.25) is 0 Å². The second-order valence-corrected chi connectivity index (χ2v) is 5.79. The van der Waals surface area contributed by atoms with Gasteiger partial charge in [-0.2, -0.15) is 5.10 Å². The molecule has 2 unspecified atom stereocenters. The van der Waals surface area contributed by atoms with Gasteiger partial charge in [-0.15, -0.1) is 0 Å². The van der Waals surface area contributed by atoms with E-state index in [-0.39, 0.29) is 0 Å². The van der Waals surface area contributed by atoms with Gasteiger partial charge in [-0.05, 0) is 52.6 Å². The Balaban J connectivity index is 1.86. The lowest BCUT2D eigenvalue weighted by Gasteiger charge is -2.26. The van der Waals surface area contributed by atoms with E-state index in [0.717, 1.165) is 19.4 Å². The molecule has 2 rings (SSSR count). The molecule has 2 atom stereocenters. The number of ether oxygens (including phenoxy) is 1. The first-order valence-electron chi connectivity index (χ1n) is 7.52. The summed E-state index contributed by atoms with van der Waals surface area (Å²) in [5, 5.41) is 8.03. The molecule has 1 fully saturated rings. The molecule has 1 N–H and O–H groups in total. The number of hydrogen-bond acceptors (Lipinski definition) is 3. The number of nitrogens with one attached hydrogen (secondary N) is 1. The Morgan fingerprint density at radius 3 is 2.89 bits per heavy atom. The van der Waals surface area contributed by atoms with Crippen LogP contribution < -0.4 is 5.32 Å². The summed E-state index contributed by atoms with van der Waals surface area (Å²) in [6, 6.07) is 3.02. The van der Waals surface area contributed by atoms with Crippen LogP contribution in [0.15, 0.2) is 12.3 Å². The maximum atomic E-state index is 5.83. The number of aromatic nitrogens is 2. The molecule has 0 aliphatic carbocycles. The van der Waals surface area contributed by atoms with Crippen LogP contribution in [0.25, 0.3) is 0 Å². The smallest absolute Gasteiger partial charge is 0.0640 e. The van der Waals surface area contributed by atoms with Gasteiger partial charge in [0.15, 0.2) is 0 Å². The van der Waals surface area contributed by atoms with Crippen molar-refractivity contribution >= 4 is 0 Å². The topological polar surface area (TPSA) is 39.1 Å². The zero-order valence-electron chi connectivity index (χ0n) is 12.4. The van der Waals surface area contributed by atoms with E-state index in [1.807, 2.05) is 11.7 Å². The zero-order valence-corrected chi connectivity index (χ0v) is 12.4. The maximum absolute atomic E-state index is 5.83. The highest BCUT2D eigenvalue weighted by molar-refractivity contribution is 5.02. The molecule has 0 aromatic carbocycles. The summed E-state index contributed by atoms with van der Waals surface area (Å²) in [6.07, 6.45) is 8.31. The lowest BCUT2D eigenvalue weighted by atomic mass is 9.99. The van der Waals surface area contributed by atoms with E-state index >= 15 is 0 Å². The molecule has 0 amide bonds. The highest BCUT2D eigenvalue weighted by atomic mass is 16.5. The molecule has 1 aliphatic rings. The van der Waals surface area contributed by atoms with Crippen LogP contribution in [-0.4, -0.2) is 35.6 Å². The van der Waals surface area contributed by atoms with Gasteiger partial charge < -0.3 is 10.1 Å². The standard InChI is InChI=1S/C15H27N3O/c1-12(2)18-8-7-13(17-18)10-14(16-3)11-15-6-4-5-9-19-15/h7-8,12,14-16H,4-6,9-11H2,1-3H3. The molecule has 1 aromatic heterocycles. The fourth-order valence-corrected chi connectivity index (χ4v) is 2.64. The van der Waals surface area contributed by atoms with Crippen molar-refractivity contribution in [2.24, 2.45) is 0 Å². The van der Waals surface area contributed by atoms with Gasteiger partial charge in [-0.3, -0.25) is 4.68 Å². The average Bonchev–Trinajstić information content (AvgIpc) is 2.88. The molecule has 0 radical (unpaired) electrons. The van der Waals surface area contributed by atoms with Crippen molar-refractivity contribution in [3.05, 3.63) is 18.0 Å². The first-order valence-corrected chi connectivity index (χ1v) is 7.52. The van der Waals surface area contributed by atoms with E-state index in [1.165, 1.54) is 25.0 Å². The number of nitrogens with zero attached hydrogens (tertiary/aromatic N) is 2. The Morgan fingerprint density at radius 1 is 1.47 bits per heavy atom. The summed E-state index contributed by atoms with van der Waals surface area (Å²) in [6.45, 7) is 5.24. The SMILES string of the molecule is CNC(Cc1ccn(C(C)C)n1)CC1CCCCO1. The van der Waals surface area contributed by atoms with Crippen molar-refractivity contribution in [1.82, 2.24) is 15.1 Å². The van der Waals surface area contributed by atoms with E-state index in [2.05, 4.69) is 36.5 Å². The van der Waals surface area contributed by atoms with Crippen molar-refractivity contribution in [2.75, 3.05) is 13.7 Å². The van der Waals surface area contributed by atoms with E-state index in [0.29, 0.717) is 18.2 Å². The lowest BCUT2D eigenvalue weighted by molar-refractivity contribution is 0.00563. The molecule has 4 heteroatoms. The summed E-state index contributed by atoms with van der Waals surface area (Å²) in [7, 11) is 2.03. The van der Waals surface area contributed by atoms with Crippen LogP contribution in [0.1, 0.15) is 51.3 Å². The number of hydrogen-bond donors (Lipinski definition) is 1. The van der Waals surface area contributed by atoms with Gasteiger partial charge in [0.25, 0.3) is 0 Å². The molecular formula is C15H27N3O.